The Morgan fingerprint density at radius 2 is 2.27 bits per heavy atom. The summed E-state index contributed by atoms with van der Waals surface area (Å²) in [7, 11) is 0. The second-order valence-corrected chi connectivity index (χ2v) is 3.79. The van der Waals surface area contributed by atoms with E-state index in [0.29, 0.717) is 11.6 Å². The molecule has 0 bridgehead atoms. The summed E-state index contributed by atoms with van der Waals surface area (Å²) in [6.45, 7) is 4.16. The van der Waals surface area contributed by atoms with Crippen LogP contribution in [0.2, 0.25) is 5.02 Å². The predicted molar refractivity (Wildman–Crippen MR) is 63.1 cm³/mol. The Bertz CT molecular complexity index is 352. The number of anilines is 1. The van der Waals surface area contributed by atoms with E-state index in [1.165, 1.54) is 0 Å². The molecule has 1 aromatic rings. The maximum atomic E-state index is 11.7. The molecule has 0 aliphatic rings. The van der Waals surface area contributed by atoms with Crippen LogP contribution in [0, 0.1) is 0 Å². The van der Waals surface area contributed by atoms with Crippen molar-refractivity contribution >= 4 is 23.2 Å². The number of benzene rings is 1. The van der Waals surface area contributed by atoms with Gasteiger partial charge in [-0.2, -0.15) is 0 Å². The normalized spacial score (nSPS) is 12.3. The monoisotopic (exact) mass is 226 g/mol. The Morgan fingerprint density at radius 1 is 1.60 bits per heavy atom. The molecule has 0 aliphatic carbocycles. The van der Waals surface area contributed by atoms with Crippen LogP contribution in [-0.4, -0.2) is 18.5 Å². The van der Waals surface area contributed by atoms with Crippen molar-refractivity contribution in [1.82, 2.24) is 0 Å². The summed E-state index contributed by atoms with van der Waals surface area (Å²) < 4.78 is 0. The topological polar surface area (TPSA) is 46.3 Å². The van der Waals surface area contributed by atoms with Gasteiger partial charge in [-0.3, -0.25) is 4.79 Å². The van der Waals surface area contributed by atoms with Crippen molar-refractivity contribution < 1.29 is 4.79 Å². The molecule has 82 valence electrons. The van der Waals surface area contributed by atoms with Gasteiger partial charge in [0.15, 0.2) is 0 Å². The maximum absolute atomic E-state index is 11.7. The average molecular weight is 227 g/mol. The molecule has 0 saturated carbocycles. The van der Waals surface area contributed by atoms with Gasteiger partial charge in [0, 0.05) is 17.3 Å². The zero-order valence-corrected chi connectivity index (χ0v) is 9.66. The smallest absolute Gasteiger partial charge is 0.243 e. The van der Waals surface area contributed by atoms with E-state index in [-0.39, 0.29) is 5.91 Å². The summed E-state index contributed by atoms with van der Waals surface area (Å²) in [5, 5.41) is 0.614. The Balaban J connectivity index is 2.97. The van der Waals surface area contributed by atoms with Gasteiger partial charge < -0.3 is 10.6 Å². The number of nitrogens with zero attached hydrogens (tertiary/aromatic N) is 1. The van der Waals surface area contributed by atoms with E-state index in [1.807, 2.05) is 19.1 Å². The van der Waals surface area contributed by atoms with Crippen LogP contribution < -0.4 is 10.6 Å². The van der Waals surface area contributed by atoms with E-state index in [4.69, 9.17) is 17.3 Å². The zero-order valence-electron chi connectivity index (χ0n) is 8.90. The molecule has 0 spiro atoms. The molecule has 1 amide bonds. The minimum Gasteiger partial charge on any atom is -0.320 e. The molecule has 2 N–H and O–H groups in total. The van der Waals surface area contributed by atoms with Crippen LogP contribution >= 0.6 is 11.6 Å². The van der Waals surface area contributed by atoms with Crippen molar-refractivity contribution in [3.8, 4) is 0 Å². The van der Waals surface area contributed by atoms with Crippen LogP contribution in [0.3, 0.4) is 0 Å². The van der Waals surface area contributed by atoms with Crippen molar-refractivity contribution in [3.05, 3.63) is 29.3 Å². The summed E-state index contributed by atoms with van der Waals surface area (Å²) in [5.74, 6) is -0.0974. The van der Waals surface area contributed by atoms with Gasteiger partial charge in [-0.15, -0.1) is 0 Å². The molecule has 15 heavy (non-hydrogen) atoms. The van der Waals surface area contributed by atoms with E-state index in [9.17, 15) is 4.79 Å². The lowest BCUT2D eigenvalue weighted by Crippen LogP contribution is -2.42. The molecule has 0 heterocycles. The molecule has 1 rings (SSSR count). The maximum Gasteiger partial charge on any atom is 0.243 e. The number of likely N-dealkylation sites (N-methyl/N-ethyl adjacent to an activating group) is 1. The van der Waals surface area contributed by atoms with Crippen LogP contribution in [-0.2, 0) is 4.79 Å². The third kappa shape index (κ3) is 2.94. The van der Waals surface area contributed by atoms with Crippen molar-refractivity contribution in [2.24, 2.45) is 5.73 Å². The van der Waals surface area contributed by atoms with Gasteiger partial charge in [-0.1, -0.05) is 17.7 Å². The Labute approximate surface area is 94.8 Å². The molecule has 1 aromatic carbocycles. The molecule has 0 aliphatic heterocycles. The highest BCUT2D eigenvalue weighted by Gasteiger charge is 2.17. The lowest BCUT2D eigenvalue weighted by atomic mass is 10.2. The standard InChI is InChI=1S/C11H15ClN2O/c1-3-14(11(15)8(2)13)10-6-4-5-9(12)7-10/h4-8H,3,13H2,1-2H3. The lowest BCUT2D eigenvalue weighted by Gasteiger charge is -2.23. The summed E-state index contributed by atoms with van der Waals surface area (Å²) in [6, 6.07) is 6.69. The third-order valence-corrected chi connectivity index (χ3v) is 2.33. The molecule has 3 nitrogen and oxygen atoms in total. The number of carbonyl (C=O) groups excluding carboxylic acids is 1. The van der Waals surface area contributed by atoms with Gasteiger partial charge in [-0.25, -0.2) is 0 Å². The second kappa shape index (κ2) is 5.14. The minimum atomic E-state index is -0.496. The highest BCUT2D eigenvalue weighted by atomic mass is 35.5. The Hall–Kier alpha value is -1.06. The largest absolute Gasteiger partial charge is 0.320 e. The molecule has 0 radical (unpaired) electrons. The summed E-state index contributed by atoms with van der Waals surface area (Å²) in [6.07, 6.45) is 0. The van der Waals surface area contributed by atoms with Crippen LogP contribution in [0.5, 0.6) is 0 Å². The number of hydrogen-bond acceptors (Lipinski definition) is 2. The number of rotatable bonds is 3. The summed E-state index contributed by atoms with van der Waals surface area (Å²) in [4.78, 5) is 13.4. The van der Waals surface area contributed by atoms with Crippen LogP contribution in [0.15, 0.2) is 24.3 Å². The Morgan fingerprint density at radius 3 is 2.73 bits per heavy atom. The fraction of sp³-hybridized carbons (Fsp3) is 0.364. The van der Waals surface area contributed by atoms with E-state index >= 15 is 0 Å². The van der Waals surface area contributed by atoms with Crippen LogP contribution in [0.4, 0.5) is 5.69 Å². The van der Waals surface area contributed by atoms with Crippen molar-refractivity contribution in [3.63, 3.8) is 0 Å². The lowest BCUT2D eigenvalue weighted by molar-refractivity contribution is -0.119. The first-order chi connectivity index (χ1) is 7.06. The average Bonchev–Trinajstić information content (AvgIpc) is 2.18. The molecule has 0 saturated heterocycles. The number of nitrogens with two attached hydrogens (primary N) is 1. The first-order valence-corrected chi connectivity index (χ1v) is 5.26. The van der Waals surface area contributed by atoms with E-state index in [2.05, 4.69) is 0 Å². The van der Waals surface area contributed by atoms with Crippen molar-refractivity contribution in [2.45, 2.75) is 19.9 Å². The van der Waals surface area contributed by atoms with Gasteiger partial charge >= 0.3 is 0 Å². The quantitative estimate of drug-likeness (QED) is 0.858. The SMILES string of the molecule is CCN(C(=O)C(C)N)c1cccc(Cl)c1. The van der Waals surface area contributed by atoms with Crippen molar-refractivity contribution in [2.75, 3.05) is 11.4 Å². The summed E-state index contributed by atoms with van der Waals surface area (Å²) in [5.41, 5.74) is 6.35. The van der Waals surface area contributed by atoms with Crippen molar-refractivity contribution in [1.29, 1.82) is 0 Å². The van der Waals surface area contributed by atoms with E-state index < -0.39 is 6.04 Å². The number of hydrogen-bond donors (Lipinski definition) is 1. The van der Waals surface area contributed by atoms with Crippen LogP contribution in [0.25, 0.3) is 0 Å². The fourth-order valence-corrected chi connectivity index (χ4v) is 1.54. The van der Waals surface area contributed by atoms with Gasteiger partial charge in [0.25, 0.3) is 0 Å². The first kappa shape index (κ1) is 12.0. The minimum absolute atomic E-state index is 0.0974. The number of carbonyl (C=O) groups is 1. The van der Waals surface area contributed by atoms with E-state index in [1.54, 1.807) is 24.0 Å². The second-order valence-electron chi connectivity index (χ2n) is 3.35. The summed E-state index contributed by atoms with van der Waals surface area (Å²) >= 11 is 5.86. The van der Waals surface area contributed by atoms with Gasteiger partial charge in [0.1, 0.15) is 0 Å². The molecule has 1 atom stereocenters. The number of halogens is 1. The predicted octanol–water partition coefficient (Wildman–Crippen LogP) is 2.04. The van der Waals surface area contributed by atoms with E-state index in [0.717, 1.165) is 5.69 Å². The Kier molecular flexibility index (Phi) is 4.12. The molecule has 4 heteroatoms. The van der Waals surface area contributed by atoms with Gasteiger partial charge in [0.05, 0.1) is 6.04 Å². The molecular formula is C11H15ClN2O. The number of amides is 1. The fourth-order valence-electron chi connectivity index (χ4n) is 1.36. The molecule has 0 aromatic heterocycles. The highest BCUT2D eigenvalue weighted by Crippen LogP contribution is 2.19. The highest BCUT2D eigenvalue weighted by molar-refractivity contribution is 6.30. The third-order valence-electron chi connectivity index (χ3n) is 2.09. The molecular weight excluding hydrogens is 212 g/mol. The molecule has 1 unspecified atom stereocenters. The van der Waals surface area contributed by atoms with Gasteiger partial charge in [-0.05, 0) is 32.0 Å². The first-order valence-electron chi connectivity index (χ1n) is 4.88. The van der Waals surface area contributed by atoms with Crippen LogP contribution in [0.1, 0.15) is 13.8 Å². The van der Waals surface area contributed by atoms with Gasteiger partial charge in [0.2, 0.25) is 5.91 Å². The molecule has 0 fully saturated rings. The zero-order chi connectivity index (χ0) is 11.4.